The van der Waals surface area contributed by atoms with Crippen molar-refractivity contribution in [3.63, 3.8) is 0 Å². The van der Waals surface area contributed by atoms with E-state index in [1.807, 2.05) is 6.07 Å². The first-order valence-corrected chi connectivity index (χ1v) is 3.44. The van der Waals surface area contributed by atoms with Crippen LogP contribution in [0, 0.1) is 0 Å². The maximum absolute atomic E-state index is 10.6. The molecular weight excluding hydrogens is 195 g/mol. The molecule has 13 heavy (non-hydrogen) atoms. The average molecular weight is 201 g/mol. The maximum atomic E-state index is 10.6. The van der Waals surface area contributed by atoms with Crippen LogP contribution in [0.5, 0.6) is 0 Å². The van der Waals surface area contributed by atoms with Gasteiger partial charge in [-0.05, 0) is 12.1 Å². The number of aromatic nitrogens is 2. The molecule has 0 aliphatic carbocycles. The third-order valence-corrected chi connectivity index (χ3v) is 1.64. The van der Waals surface area contributed by atoms with Gasteiger partial charge in [0, 0.05) is 6.20 Å². The van der Waals surface area contributed by atoms with E-state index in [4.69, 9.17) is 5.11 Å². The third-order valence-electron chi connectivity index (χ3n) is 1.64. The Bertz CT molecular complexity index is 438. The minimum atomic E-state index is -0.964. The molecule has 0 fully saturated rings. The summed E-state index contributed by atoms with van der Waals surface area (Å²) in [5.74, 6) is -0.964. The molecule has 2 heterocycles. The number of rotatable bonds is 1. The molecule has 0 saturated heterocycles. The number of carboxylic acids is 1. The van der Waals surface area contributed by atoms with E-state index in [1.165, 1.54) is 10.6 Å². The third kappa shape index (κ3) is 2.00. The molecule has 2 aromatic rings. The van der Waals surface area contributed by atoms with Crippen LogP contribution >= 0.6 is 0 Å². The van der Waals surface area contributed by atoms with Gasteiger partial charge in [0.2, 0.25) is 0 Å². The summed E-state index contributed by atoms with van der Waals surface area (Å²) in [5, 5.41) is 8.71. The molecule has 0 saturated carbocycles. The first-order valence-electron chi connectivity index (χ1n) is 3.44. The summed E-state index contributed by atoms with van der Waals surface area (Å²) in [6, 6.07) is 5.33. The summed E-state index contributed by atoms with van der Waals surface area (Å²) in [4.78, 5) is 14.5. The van der Waals surface area contributed by atoms with Crippen molar-refractivity contribution in [3.05, 3.63) is 36.3 Å². The van der Waals surface area contributed by atoms with Crippen LogP contribution in [0.25, 0.3) is 5.65 Å². The SMILES string of the molecule is O=C(O)c1cnc2ccccn12.[K+]. The molecule has 60 valence electrons. The summed E-state index contributed by atoms with van der Waals surface area (Å²) in [5.41, 5.74) is 0.834. The van der Waals surface area contributed by atoms with E-state index in [0.29, 0.717) is 5.65 Å². The Morgan fingerprint density at radius 1 is 1.46 bits per heavy atom. The van der Waals surface area contributed by atoms with Crippen molar-refractivity contribution < 1.29 is 61.3 Å². The molecule has 2 aromatic heterocycles. The summed E-state index contributed by atoms with van der Waals surface area (Å²) < 4.78 is 1.53. The second kappa shape index (κ2) is 4.34. The van der Waals surface area contributed by atoms with E-state index in [2.05, 4.69) is 4.98 Å². The van der Waals surface area contributed by atoms with Gasteiger partial charge < -0.3 is 5.11 Å². The molecule has 0 amide bonds. The second-order valence-electron chi connectivity index (χ2n) is 2.38. The Morgan fingerprint density at radius 3 is 2.92 bits per heavy atom. The van der Waals surface area contributed by atoms with Gasteiger partial charge >= 0.3 is 57.4 Å². The predicted molar refractivity (Wildman–Crippen MR) is 42.2 cm³/mol. The Labute approximate surface area is 117 Å². The number of nitrogens with zero attached hydrogens (tertiary/aromatic N) is 2. The Morgan fingerprint density at radius 2 is 2.23 bits per heavy atom. The van der Waals surface area contributed by atoms with Crippen LogP contribution in [0.15, 0.2) is 30.6 Å². The van der Waals surface area contributed by atoms with Crippen LogP contribution in [-0.2, 0) is 0 Å². The Hall–Kier alpha value is -0.204. The molecule has 0 aromatic carbocycles. The zero-order valence-electron chi connectivity index (χ0n) is 7.14. The van der Waals surface area contributed by atoms with Crippen molar-refractivity contribution in [2.24, 2.45) is 0 Å². The molecule has 0 aliphatic heterocycles. The van der Waals surface area contributed by atoms with E-state index >= 15 is 0 Å². The van der Waals surface area contributed by atoms with Crippen LogP contribution in [0.4, 0.5) is 0 Å². The minimum absolute atomic E-state index is 0. The van der Waals surface area contributed by atoms with Gasteiger partial charge in [0.15, 0.2) is 5.69 Å². The van der Waals surface area contributed by atoms with Crippen LogP contribution in [0.3, 0.4) is 0 Å². The quantitative estimate of drug-likeness (QED) is 0.545. The molecule has 4 nitrogen and oxygen atoms in total. The molecular formula is C8H6KN2O2+. The fraction of sp³-hybridized carbons (Fsp3) is 0. The minimum Gasteiger partial charge on any atom is -0.477 e. The van der Waals surface area contributed by atoms with Crippen molar-refractivity contribution in [2.75, 3.05) is 0 Å². The number of fused-ring (bicyclic) bond motifs is 1. The van der Waals surface area contributed by atoms with Crippen LogP contribution in [-0.4, -0.2) is 20.5 Å². The van der Waals surface area contributed by atoms with Gasteiger partial charge in [-0.2, -0.15) is 0 Å². The molecule has 0 bridgehead atoms. The topological polar surface area (TPSA) is 54.6 Å². The van der Waals surface area contributed by atoms with E-state index < -0.39 is 5.97 Å². The van der Waals surface area contributed by atoms with E-state index in [9.17, 15) is 4.79 Å². The number of hydrogen-bond donors (Lipinski definition) is 1. The van der Waals surface area contributed by atoms with E-state index in [1.54, 1.807) is 18.3 Å². The summed E-state index contributed by atoms with van der Waals surface area (Å²) in [7, 11) is 0. The Kier molecular flexibility index (Phi) is 3.63. The number of carboxylic acid groups (broad SMARTS) is 1. The number of carbonyl (C=O) groups is 1. The maximum Gasteiger partial charge on any atom is 1.00 e. The molecule has 0 radical (unpaired) electrons. The predicted octanol–water partition coefficient (Wildman–Crippen LogP) is -1.96. The second-order valence-corrected chi connectivity index (χ2v) is 2.38. The van der Waals surface area contributed by atoms with Gasteiger partial charge in [-0.25, -0.2) is 9.78 Å². The van der Waals surface area contributed by atoms with Crippen molar-refractivity contribution in [1.29, 1.82) is 0 Å². The van der Waals surface area contributed by atoms with Crippen LogP contribution in [0.1, 0.15) is 10.5 Å². The molecule has 5 heteroatoms. The molecule has 0 unspecified atom stereocenters. The van der Waals surface area contributed by atoms with E-state index in [0.717, 1.165) is 0 Å². The van der Waals surface area contributed by atoms with Crippen molar-refractivity contribution in [1.82, 2.24) is 9.38 Å². The summed E-state index contributed by atoms with van der Waals surface area (Å²) in [6.45, 7) is 0. The van der Waals surface area contributed by atoms with Gasteiger partial charge in [0.1, 0.15) is 5.65 Å². The normalized spacial score (nSPS) is 9.54. The number of aromatic carboxylic acids is 1. The van der Waals surface area contributed by atoms with Gasteiger partial charge in [-0.1, -0.05) is 6.07 Å². The zero-order chi connectivity index (χ0) is 8.55. The monoisotopic (exact) mass is 201 g/mol. The first-order chi connectivity index (χ1) is 5.79. The van der Waals surface area contributed by atoms with Gasteiger partial charge in [-0.3, -0.25) is 4.40 Å². The summed E-state index contributed by atoms with van der Waals surface area (Å²) >= 11 is 0. The smallest absolute Gasteiger partial charge is 0.477 e. The van der Waals surface area contributed by atoms with Crippen LogP contribution in [0.2, 0.25) is 0 Å². The number of hydrogen-bond acceptors (Lipinski definition) is 2. The van der Waals surface area contributed by atoms with Gasteiger partial charge in [-0.15, -0.1) is 0 Å². The van der Waals surface area contributed by atoms with Crippen molar-refractivity contribution in [3.8, 4) is 0 Å². The summed E-state index contributed by atoms with van der Waals surface area (Å²) in [6.07, 6.45) is 3.02. The van der Waals surface area contributed by atoms with Crippen molar-refractivity contribution >= 4 is 11.6 Å². The standard InChI is InChI=1S/C8H6N2O2.K/c11-8(12)6-5-9-7-3-1-2-4-10(6)7;/h1-5H,(H,11,12);/q;+1. The fourth-order valence-corrected chi connectivity index (χ4v) is 1.09. The molecule has 1 N–H and O–H groups in total. The molecule has 2 rings (SSSR count). The van der Waals surface area contributed by atoms with Gasteiger partial charge in [0.05, 0.1) is 6.20 Å². The molecule has 0 spiro atoms. The van der Waals surface area contributed by atoms with Crippen molar-refractivity contribution in [2.45, 2.75) is 0 Å². The largest absolute Gasteiger partial charge is 1.00 e. The van der Waals surface area contributed by atoms with Gasteiger partial charge in [0.25, 0.3) is 0 Å². The number of pyridine rings is 1. The zero-order valence-corrected chi connectivity index (χ0v) is 10.3. The first kappa shape index (κ1) is 10.9. The fourth-order valence-electron chi connectivity index (χ4n) is 1.09. The van der Waals surface area contributed by atoms with E-state index in [-0.39, 0.29) is 57.1 Å². The molecule has 0 aliphatic rings. The van der Waals surface area contributed by atoms with Crippen LogP contribution < -0.4 is 51.4 Å². The average Bonchev–Trinajstić information content (AvgIpc) is 2.47. The Balaban J connectivity index is 0.000000845. The molecule has 0 atom stereocenters. The number of imidazole rings is 1.